The Morgan fingerprint density at radius 1 is 1.04 bits per heavy atom. The highest BCUT2D eigenvalue weighted by Gasteiger charge is 2.10. The quantitative estimate of drug-likeness (QED) is 0.740. The second kappa shape index (κ2) is 9.68. The van der Waals surface area contributed by atoms with Gasteiger partial charge in [0.1, 0.15) is 12.6 Å². The molecular formula is C19H25ClNO2+. The first-order chi connectivity index (χ1) is 11.1. The first kappa shape index (κ1) is 18.0. The minimum atomic E-state index is -0.453. The van der Waals surface area contributed by atoms with Gasteiger partial charge in [0.25, 0.3) is 0 Å². The van der Waals surface area contributed by atoms with Crippen molar-refractivity contribution in [2.75, 3.05) is 19.7 Å². The van der Waals surface area contributed by atoms with Crippen LogP contribution in [0, 0.1) is 0 Å². The Morgan fingerprint density at radius 2 is 1.74 bits per heavy atom. The van der Waals surface area contributed by atoms with Gasteiger partial charge in [0, 0.05) is 10.9 Å². The molecule has 0 saturated carbocycles. The predicted octanol–water partition coefficient (Wildman–Crippen LogP) is 2.58. The summed E-state index contributed by atoms with van der Waals surface area (Å²) in [6.45, 7) is 4.65. The van der Waals surface area contributed by atoms with Crippen LogP contribution in [0.5, 0.6) is 0 Å². The van der Waals surface area contributed by atoms with Crippen LogP contribution in [0.3, 0.4) is 0 Å². The zero-order valence-electron chi connectivity index (χ0n) is 13.5. The lowest BCUT2D eigenvalue weighted by Gasteiger charge is -2.13. The molecule has 124 valence electrons. The number of hydrogen-bond donors (Lipinski definition) is 2. The molecule has 0 aliphatic rings. The molecule has 0 amide bonds. The summed E-state index contributed by atoms with van der Waals surface area (Å²) in [6, 6.07) is 18.0. The maximum atomic E-state index is 9.98. The van der Waals surface area contributed by atoms with Crippen molar-refractivity contribution in [3.05, 3.63) is 70.7 Å². The molecule has 2 rings (SSSR count). The van der Waals surface area contributed by atoms with E-state index in [-0.39, 0.29) is 0 Å². The van der Waals surface area contributed by atoms with Crippen LogP contribution >= 0.6 is 11.6 Å². The molecule has 2 aromatic carbocycles. The third-order valence-corrected chi connectivity index (χ3v) is 4.07. The van der Waals surface area contributed by atoms with Crippen LogP contribution in [0.2, 0.25) is 5.02 Å². The largest absolute Gasteiger partial charge is 0.385 e. The number of quaternary nitrogens is 1. The van der Waals surface area contributed by atoms with Crippen molar-refractivity contribution in [2.45, 2.75) is 25.6 Å². The minimum Gasteiger partial charge on any atom is -0.385 e. The summed E-state index contributed by atoms with van der Waals surface area (Å²) >= 11 is 5.84. The number of aliphatic hydroxyl groups excluding tert-OH is 1. The van der Waals surface area contributed by atoms with Crippen molar-refractivity contribution in [3.63, 3.8) is 0 Å². The van der Waals surface area contributed by atoms with Crippen LogP contribution in [0.1, 0.15) is 24.0 Å². The molecule has 0 saturated heterocycles. The zero-order valence-corrected chi connectivity index (χ0v) is 14.2. The van der Waals surface area contributed by atoms with Gasteiger partial charge in [0.15, 0.2) is 0 Å². The van der Waals surface area contributed by atoms with Gasteiger partial charge in [-0.05, 0) is 23.3 Å². The number of halogens is 1. The molecule has 0 radical (unpaired) electrons. The number of hydrogen-bond acceptors (Lipinski definition) is 2. The molecule has 3 N–H and O–H groups in total. The Kier molecular flexibility index (Phi) is 7.56. The lowest BCUT2D eigenvalue weighted by atomic mass is 10.0. The highest BCUT2D eigenvalue weighted by atomic mass is 35.5. The lowest BCUT2D eigenvalue weighted by Crippen LogP contribution is -2.87. The molecule has 0 fully saturated rings. The van der Waals surface area contributed by atoms with Crippen molar-refractivity contribution in [2.24, 2.45) is 0 Å². The number of nitrogens with two attached hydrogens (primary N) is 1. The molecule has 0 heterocycles. The van der Waals surface area contributed by atoms with E-state index < -0.39 is 6.10 Å². The SMILES string of the molecule is C[C@@H](C[NH2+]C[C@@H](O)COCc1ccc(Cl)cc1)c1ccccc1. The van der Waals surface area contributed by atoms with Crippen molar-refractivity contribution in [1.82, 2.24) is 0 Å². The highest BCUT2D eigenvalue weighted by molar-refractivity contribution is 6.30. The third-order valence-electron chi connectivity index (χ3n) is 3.82. The predicted molar refractivity (Wildman–Crippen MR) is 93.6 cm³/mol. The van der Waals surface area contributed by atoms with Crippen LogP contribution < -0.4 is 5.32 Å². The van der Waals surface area contributed by atoms with Crippen molar-refractivity contribution in [1.29, 1.82) is 0 Å². The minimum absolute atomic E-state index is 0.346. The Bertz CT molecular complexity index is 559. The van der Waals surface area contributed by atoms with Gasteiger partial charge in [0.05, 0.1) is 19.8 Å². The Balaban J connectivity index is 1.60. The van der Waals surface area contributed by atoms with Crippen LogP contribution in [0.25, 0.3) is 0 Å². The summed E-state index contributed by atoms with van der Waals surface area (Å²) in [6.07, 6.45) is -0.453. The molecule has 0 unspecified atom stereocenters. The summed E-state index contributed by atoms with van der Waals surface area (Å²) in [5.41, 5.74) is 2.39. The molecule has 3 nitrogen and oxygen atoms in total. The fourth-order valence-corrected chi connectivity index (χ4v) is 2.54. The second-order valence-electron chi connectivity index (χ2n) is 5.87. The maximum Gasteiger partial charge on any atom is 0.126 e. The van der Waals surface area contributed by atoms with Gasteiger partial charge in [-0.15, -0.1) is 0 Å². The summed E-state index contributed by atoms with van der Waals surface area (Å²) < 4.78 is 5.55. The maximum absolute atomic E-state index is 9.98. The number of aliphatic hydroxyl groups is 1. The van der Waals surface area contributed by atoms with E-state index in [1.54, 1.807) is 0 Å². The molecule has 0 spiro atoms. The Hall–Kier alpha value is -1.39. The van der Waals surface area contributed by atoms with Gasteiger partial charge in [-0.3, -0.25) is 0 Å². The van der Waals surface area contributed by atoms with E-state index in [1.807, 2.05) is 30.3 Å². The molecule has 2 atom stereocenters. The topological polar surface area (TPSA) is 46.1 Å². The average molecular weight is 335 g/mol. The van der Waals surface area contributed by atoms with Crippen LogP contribution in [-0.4, -0.2) is 30.9 Å². The van der Waals surface area contributed by atoms with Gasteiger partial charge in [-0.1, -0.05) is 61.0 Å². The fourth-order valence-electron chi connectivity index (χ4n) is 2.42. The van der Waals surface area contributed by atoms with E-state index >= 15 is 0 Å². The molecular weight excluding hydrogens is 310 g/mol. The molecule has 2 aromatic rings. The van der Waals surface area contributed by atoms with E-state index in [0.29, 0.717) is 25.7 Å². The van der Waals surface area contributed by atoms with Crippen LogP contribution in [0.15, 0.2) is 54.6 Å². The van der Waals surface area contributed by atoms with Crippen LogP contribution in [0.4, 0.5) is 0 Å². The number of rotatable bonds is 9. The Morgan fingerprint density at radius 3 is 2.43 bits per heavy atom. The smallest absolute Gasteiger partial charge is 0.126 e. The van der Waals surface area contributed by atoms with E-state index in [1.165, 1.54) is 5.56 Å². The highest BCUT2D eigenvalue weighted by Crippen LogP contribution is 2.12. The van der Waals surface area contributed by atoms with E-state index in [2.05, 4.69) is 36.5 Å². The number of benzene rings is 2. The first-order valence-corrected chi connectivity index (χ1v) is 8.40. The van der Waals surface area contributed by atoms with Gasteiger partial charge >= 0.3 is 0 Å². The number of ether oxygens (including phenoxy) is 1. The van der Waals surface area contributed by atoms with Crippen molar-refractivity contribution in [3.8, 4) is 0 Å². The molecule has 0 bridgehead atoms. The average Bonchev–Trinajstić information content (AvgIpc) is 2.57. The van der Waals surface area contributed by atoms with E-state index in [4.69, 9.17) is 16.3 Å². The molecule has 0 aliphatic carbocycles. The summed E-state index contributed by atoms with van der Waals surface area (Å²) in [5, 5.41) is 12.8. The van der Waals surface area contributed by atoms with Gasteiger partial charge in [-0.25, -0.2) is 0 Å². The van der Waals surface area contributed by atoms with Gasteiger partial charge in [-0.2, -0.15) is 0 Å². The normalized spacial score (nSPS) is 13.7. The molecule has 23 heavy (non-hydrogen) atoms. The standard InChI is InChI=1S/C19H24ClNO2/c1-15(17-5-3-2-4-6-17)11-21-12-19(22)14-23-13-16-7-9-18(20)10-8-16/h2-10,15,19,21-22H,11-14H2,1H3/p+1/t15-,19+/m0/s1. The second-order valence-corrected chi connectivity index (χ2v) is 6.30. The summed E-state index contributed by atoms with van der Waals surface area (Å²) in [5.74, 6) is 0.471. The molecule has 0 aliphatic heterocycles. The zero-order chi connectivity index (χ0) is 16.5. The third kappa shape index (κ3) is 6.71. The molecule has 0 aromatic heterocycles. The summed E-state index contributed by atoms with van der Waals surface area (Å²) in [4.78, 5) is 0. The van der Waals surface area contributed by atoms with E-state index in [0.717, 1.165) is 17.1 Å². The van der Waals surface area contributed by atoms with E-state index in [9.17, 15) is 5.11 Å². The van der Waals surface area contributed by atoms with Crippen molar-refractivity contribution < 1.29 is 15.2 Å². The molecule has 4 heteroatoms. The summed E-state index contributed by atoms with van der Waals surface area (Å²) in [7, 11) is 0. The lowest BCUT2D eigenvalue weighted by molar-refractivity contribution is -0.663. The monoisotopic (exact) mass is 334 g/mol. The van der Waals surface area contributed by atoms with Crippen LogP contribution in [-0.2, 0) is 11.3 Å². The van der Waals surface area contributed by atoms with Crippen molar-refractivity contribution >= 4 is 11.6 Å². The fraction of sp³-hybridized carbons (Fsp3) is 0.368. The van der Waals surface area contributed by atoms with Gasteiger partial charge in [0.2, 0.25) is 0 Å². The Labute approximate surface area is 143 Å². The first-order valence-electron chi connectivity index (χ1n) is 8.02. The van der Waals surface area contributed by atoms with Gasteiger partial charge < -0.3 is 15.2 Å².